The van der Waals surface area contributed by atoms with Gasteiger partial charge in [0.15, 0.2) is 0 Å². The predicted molar refractivity (Wildman–Crippen MR) is 96.2 cm³/mol. The molecule has 1 amide bonds. The van der Waals surface area contributed by atoms with E-state index < -0.39 is 21.7 Å². The number of benzene rings is 1. The number of nitrogens with zero attached hydrogens (tertiary/aromatic N) is 3. The van der Waals surface area contributed by atoms with Crippen molar-refractivity contribution in [3.63, 3.8) is 0 Å². The molecule has 27 heavy (non-hydrogen) atoms. The smallest absolute Gasteiger partial charge is 0.277 e. The molecule has 3 rings (SSSR count). The van der Waals surface area contributed by atoms with Crippen LogP contribution in [0, 0.1) is 0 Å². The number of piperazine rings is 1. The van der Waals surface area contributed by atoms with E-state index in [9.17, 15) is 18.0 Å². The second kappa shape index (κ2) is 7.86. The molecule has 0 atom stereocenters. The zero-order valence-electron chi connectivity index (χ0n) is 14.4. The highest BCUT2D eigenvalue weighted by Crippen LogP contribution is 2.10. The number of hydrogen-bond donors (Lipinski definition) is 2. The van der Waals surface area contributed by atoms with Gasteiger partial charge in [-0.1, -0.05) is 18.2 Å². The van der Waals surface area contributed by atoms with Crippen LogP contribution in [0.25, 0.3) is 0 Å². The number of rotatable bonds is 5. The SMILES string of the molecule is NS(=O)(=O)N1CCN(C(=O)c2cnc(COc3ccccc3)[nH]c2=O)CC1. The molecule has 144 valence electrons. The van der Waals surface area contributed by atoms with Crippen LogP contribution in [0.5, 0.6) is 5.75 Å². The van der Waals surface area contributed by atoms with E-state index in [1.165, 1.54) is 11.1 Å². The molecule has 1 aliphatic heterocycles. The number of aromatic nitrogens is 2. The van der Waals surface area contributed by atoms with Gasteiger partial charge in [0, 0.05) is 32.4 Å². The van der Waals surface area contributed by atoms with Gasteiger partial charge in [-0.3, -0.25) is 9.59 Å². The van der Waals surface area contributed by atoms with Gasteiger partial charge < -0.3 is 14.6 Å². The molecule has 1 fully saturated rings. The van der Waals surface area contributed by atoms with Crippen molar-refractivity contribution < 1.29 is 17.9 Å². The van der Waals surface area contributed by atoms with Gasteiger partial charge in [0.2, 0.25) is 0 Å². The fourth-order valence-corrected chi connectivity index (χ4v) is 3.31. The number of nitrogens with one attached hydrogen (secondary N) is 1. The number of H-pyrrole nitrogens is 1. The minimum Gasteiger partial charge on any atom is -0.486 e. The molecular weight excluding hydrogens is 374 g/mol. The quantitative estimate of drug-likeness (QED) is 0.689. The molecule has 1 aromatic heterocycles. The van der Waals surface area contributed by atoms with Crippen LogP contribution >= 0.6 is 0 Å². The number of hydrogen-bond acceptors (Lipinski definition) is 6. The Labute approximate surface area is 155 Å². The molecule has 11 heteroatoms. The zero-order chi connectivity index (χ0) is 19.4. The number of aromatic amines is 1. The molecule has 0 radical (unpaired) electrons. The molecule has 0 spiro atoms. The van der Waals surface area contributed by atoms with Gasteiger partial charge in [-0.05, 0) is 12.1 Å². The van der Waals surface area contributed by atoms with Crippen LogP contribution in [0.3, 0.4) is 0 Å². The topological polar surface area (TPSA) is 139 Å². The van der Waals surface area contributed by atoms with Crippen LogP contribution in [0.2, 0.25) is 0 Å². The summed E-state index contributed by atoms with van der Waals surface area (Å²) in [6.07, 6.45) is 1.21. The molecule has 10 nitrogen and oxygen atoms in total. The number of nitrogens with two attached hydrogens (primary N) is 1. The lowest BCUT2D eigenvalue weighted by molar-refractivity contribution is 0.0695. The van der Waals surface area contributed by atoms with E-state index in [0.29, 0.717) is 11.6 Å². The summed E-state index contributed by atoms with van der Waals surface area (Å²) in [5.41, 5.74) is -0.682. The first-order valence-electron chi connectivity index (χ1n) is 8.18. The van der Waals surface area contributed by atoms with E-state index in [1.54, 1.807) is 12.1 Å². The molecule has 0 aliphatic carbocycles. The Morgan fingerprint density at radius 1 is 1.19 bits per heavy atom. The first kappa shape index (κ1) is 19.0. The Morgan fingerprint density at radius 2 is 1.85 bits per heavy atom. The molecule has 0 saturated carbocycles. The highest BCUT2D eigenvalue weighted by molar-refractivity contribution is 7.86. The summed E-state index contributed by atoms with van der Waals surface area (Å²) in [4.78, 5) is 32.7. The third kappa shape index (κ3) is 4.70. The molecule has 3 N–H and O–H groups in total. The van der Waals surface area contributed by atoms with Crippen LogP contribution < -0.4 is 15.4 Å². The van der Waals surface area contributed by atoms with Crippen molar-refractivity contribution in [2.75, 3.05) is 26.2 Å². The monoisotopic (exact) mass is 393 g/mol. The molecule has 1 aliphatic rings. The average Bonchev–Trinajstić information content (AvgIpc) is 2.66. The van der Waals surface area contributed by atoms with Crippen molar-refractivity contribution in [1.29, 1.82) is 0 Å². The number of carbonyl (C=O) groups excluding carboxylic acids is 1. The van der Waals surface area contributed by atoms with Gasteiger partial charge in [-0.15, -0.1) is 0 Å². The third-order valence-corrected chi connectivity index (χ3v) is 5.17. The summed E-state index contributed by atoms with van der Waals surface area (Å²) in [5, 5.41) is 5.07. The molecular formula is C16H19N5O5S. The summed E-state index contributed by atoms with van der Waals surface area (Å²) >= 11 is 0. The molecule has 2 aromatic rings. The Morgan fingerprint density at radius 3 is 2.44 bits per heavy atom. The van der Waals surface area contributed by atoms with Crippen LogP contribution in [0.15, 0.2) is 41.3 Å². The normalized spacial score (nSPS) is 15.5. The van der Waals surface area contributed by atoms with Gasteiger partial charge >= 0.3 is 0 Å². The van der Waals surface area contributed by atoms with Crippen molar-refractivity contribution in [3.05, 3.63) is 58.3 Å². The maximum absolute atomic E-state index is 12.5. The third-order valence-electron chi connectivity index (χ3n) is 4.09. The lowest BCUT2D eigenvalue weighted by atomic mass is 10.2. The maximum atomic E-state index is 12.5. The standard InChI is InChI=1S/C16H19N5O5S/c17-27(24,25)21-8-6-20(7-9-21)16(23)13-10-18-14(19-15(13)22)11-26-12-4-2-1-3-5-12/h1-5,10H,6-9,11H2,(H2,17,24,25)(H,18,19,22). The van der Waals surface area contributed by atoms with Crippen molar-refractivity contribution in [2.45, 2.75) is 6.61 Å². The Balaban J connectivity index is 1.63. The van der Waals surface area contributed by atoms with Crippen LogP contribution in [0.4, 0.5) is 0 Å². The first-order valence-corrected chi connectivity index (χ1v) is 9.68. The van der Waals surface area contributed by atoms with Crippen LogP contribution in [-0.4, -0.2) is 59.7 Å². The molecule has 1 aromatic carbocycles. The largest absolute Gasteiger partial charge is 0.486 e. The van der Waals surface area contributed by atoms with Crippen molar-refractivity contribution >= 4 is 16.1 Å². The van der Waals surface area contributed by atoms with E-state index in [0.717, 1.165) is 4.31 Å². The summed E-state index contributed by atoms with van der Waals surface area (Å²) in [7, 11) is -3.78. The highest BCUT2D eigenvalue weighted by atomic mass is 32.2. The van der Waals surface area contributed by atoms with Crippen molar-refractivity contribution in [2.24, 2.45) is 5.14 Å². The van der Waals surface area contributed by atoms with E-state index in [4.69, 9.17) is 9.88 Å². The summed E-state index contributed by atoms with van der Waals surface area (Å²) in [5.74, 6) is 0.417. The number of amides is 1. The van der Waals surface area contributed by atoms with Crippen LogP contribution in [0.1, 0.15) is 16.2 Å². The zero-order valence-corrected chi connectivity index (χ0v) is 15.2. The second-order valence-corrected chi connectivity index (χ2v) is 7.46. The van der Waals surface area contributed by atoms with E-state index in [1.807, 2.05) is 18.2 Å². The number of ether oxygens (including phenoxy) is 1. The summed E-state index contributed by atoms with van der Waals surface area (Å²) in [6, 6.07) is 9.05. The highest BCUT2D eigenvalue weighted by Gasteiger charge is 2.28. The van der Waals surface area contributed by atoms with E-state index in [-0.39, 0.29) is 38.3 Å². The van der Waals surface area contributed by atoms with Gasteiger partial charge in [-0.25, -0.2) is 10.1 Å². The fourth-order valence-electron chi connectivity index (χ4n) is 2.64. The van der Waals surface area contributed by atoms with Crippen molar-refractivity contribution in [3.8, 4) is 5.75 Å². The average molecular weight is 393 g/mol. The van der Waals surface area contributed by atoms with Gasteiger partial charge in [0.25, 0.3) is 21.7 Å². The first-order chi connectivity index (χ1) is 12.8. The van der Waals surface area contributed by atoms with Crippen LogP contribution in [-0.2, 0) is 16.8 Å². The Bertz CT molecular complexity index is 968. The Hall–Kier alpha value is -2.76. The Kier molecular flexibility index (Phi) is 5.54. The minimum atomic E-state index is -3.78. The fraction of sp³-hybridized carbons (Fsp3) is 0.312. The molecule has 0 unspecified atom stereocenters. The summed E-state index contributed by atoms with van der Waals surface area (Å²) in [6.45, 7) is 0.514. The van der Waals surface area contributed by atoms with Gasteiger partial charge in [-0.2, -0.15) is 12.7 Å². The molecule has 2 heterocycles. The molecule has 0 bridgehead atoms. The second-order valence-electron chi connectivity index (χ2n) is 5.91. The van der Waals surface area contributed by atoms with E-state index in [2.05, 4.69) is 9.97 Å². The predicted octanol–water partition coefficient (Wildman–Crippen LogP) is -0.690. The van der Waals surface area contributed by atoms with Crippen molar-refractivity contribution in [1.82, 2.24) is 19.2 Å². The maximum Gasteiger partial charge on any atom is 0.277 e. The summed E-state index contributed by atoms with van der Waals surface area (Å²) < 4.78 is 29.2. The number of carbonyl (C=O) groups is 1. The minimum absolute atomic E-state index is 0.0563. The molecule has 1 saturated heterocycles. The number of para-hydroxylation sites is 1. The lowest BCUT2D eigenvalue weighted by Crippen LogP contribution is -2.52. The lowest BCUT2D eigenvalue weighted by Gasteiger charge is -2.32. The van der Waals surface area contributed by atoms with Gasteiger partial charge in [0.05, 0.1) is 0 Å². The van der Waals surface area contributed by atoms with E-state index >= 15 is 0 Å². The van der Waals surface area contributed by atoms with Gasteiger partial charge in [0.1, 0.15) is 23.7 Å².